The van der Waals surface area contributed by atoms with Crippen LogP contribution in [0.1, 0.15) is 36.8 Å². The van der Waals surface area contributed by atoms with Gasteiger partial charge in [0.15, 0.2) is 0 Å². The summed E-state index contributed by atoms with van der Waals surface area (Å²) in [7, 11) is -3.92. The van der Waals surface area contributed by atoms with Gasteiger partial charge in [-0.05, 0) is 48.2 Å². The number of para-hydroxylation sites is 1. The summed E-state index contributed by atoms with van der Waals surface area (Å²) < 4.78 is 26.8. The largest absolute Gasteiger partial charge is 0.352 e. The Balaban J connectivity index is 1.74. The molecule has 2 amide bonds. The fourth-order valence-corrected chi connectivity index (χ4v) is 6.47. The molecule has 3 aromatic rings. The molecule has 1 atom stereocenters. The number of amides is 2. The quantitative estimate of drug-likeness (QED) is 0.275. The van der Waals surface area contributed by atoms with E-state index in [1.165, 1.54) is 11.0 Å². The molecule has 4 rings (SSSR count). The summed E-state index contributed by atoms with van der Waals surface area (Å²) in [6.07, 6.45) is 5.05. The van der Waals surface area contributed by atoms with Crippen molar-refractivity contribution in [2.75, 3.05) is 17.1 Å². The second-order valence-electron chi connectivity index (χ2n) is 10.2. The molecular weight excluding hydrogens is 605 g/mol. The van der Waals surface area contributed by atoms with Crippen LogP contribution >= 0.6 is 34.8 Å². The van der Waals surface area contributed by atoms with Gasteiger partial charge in [-0.15, -0.1) is 0 Å². The van der Waals surface area contributed by atoms with Gasteiger partial charge in [0, 0.05) is 19.0 Å². The third kappa shape index (κ3) is 8.38. The summed E-state index contributed by atoms with van der Waals surface area (Å²) in [5, 5.41) is 3.98. The standard InChI is InChI=1S/C30H32Cl3N3O4S/c1-41(39,40)36(27-14-8-7-13-25(27)32)20-29(37)35(19-22-15-16-24(31)26(33)17-22)28(18-21-9-3-2-4-10-21)30(38)34-23-11-5-6-12-23/h2-4,7-10,13-17,23,28H,5-6,11-12,18-20H2,1H3,(H,34,38)/t28-/m0/s1. The summed E-state index contributed by atoms with van der Waals surface area (Å²) in [5.74, 6) is -0.860. The highest BCUT2D eigenvalue weighted by molar-refractivity contribution is 7.92. The minimum atomic E-state index is -3.92. The highest BCUT2D eigenvalue weighted by Gasteiger charge is 2.34. The fourth-order valence-electron chi connectivity index (χ4n) is 5.00. The number of sulfonamides is 1. The molecule has 1 aliphatic carbocycles. The first-order chi connectivity index (χ1) is 19.5. The molecule has 0 saturated heterocycles. The Bertz CT molecular complexity index is 1480. The third-order valence-corrected chi connectivity index (χ3v) is 9.30. The van der Waals surface area contributed by atoms with Crippen LogP contribution in [-0.2, 0) is 32.6 Å². The van der Waals surface area contributed by atoms with Crippen molar-refractivity contribution >= 4 is 62.3 Å². The molecule has 1 aliphatic rings. The molecule has 0 heterocycles. The van der Waals surface area contributed by atoms with Gasteiger partial charge in [0.1, 0.15) is 12.6 Å². The van der Waals surface area contributed by atoms with Crippen LogP contribution in [0, 0.1) is 0 Å². The molecule has 0 spiro atoms. The van der Waals surface area contributed by atoms with Crippen molar-refractivity contribution in [1.82, 2.24) is 10.2 Å². The van der Waals surface area contributed by atoms with Gasteiger partial charge in [0.25, 0.3) is 0 Å². The number of anilines is 1. The van der Waals surface area contributed by atoms with Crippen molar-refractivity contribution in [2.24, 2.45) is 0 Å². The van der Waals surface area contributed by atoms with Gasteiger partial charge in [-0.3, -0.25) is 13.9 Å². The lowest BCUT2D eigenvalue weighted by molar-refractivity contribution is -0.140. The van der Waals surface area contributed by atoms with E-state index in [9.17, 15) is 18.0 Å². The summed E-state index contributed by atoms with van der Waals surface area (Å²) in [5.41, 5.74) is 1.68. The number of nitrogens with zero attached hydrogens (tertiary/aromatic N) is 2. The predicted molar refractivity (Wildman–Crippen MR) is 165 cm³/mol. The van der Waals surface area contributed by atoms with E-state index in [0.717, 1.165) is 41.8 Å². The molecule has 1 N–H and O–H groups in total. The van der Waals surface area contributed by atoms with Gasteiger partial charge >= 0.3 is 0 Å². The number of hydrogen-bond donors (Lipinski definition) is 1. The Labute approximate surface area is 256 Å². The highest BCUT2D eigenvalue weighted by Crippen LogP contribution is 2.29. The van der Waals surface area contributed by atoms with E-state index < -0.39 is 28.5 Å². The number of rotatable bonds is 11. The number of nitrogens with one attached hydrogen (secondary N) is 1. The van der Waals surface area contributed by atoms with E-state index in [4.69, 9.17) is 34.8 Å². The molecule has 0 aliphatic heterocycles. The number of halogens is 3. The van der Waals surface area contributed by atoms with Crippen LogP contribution in [0.15, 0.2) is 72.8 Å². The van der Waals surface area contributed by atoms with Crippen LogP contribution in [0.3, 0.4) is 0 Å². The smallest absolute Gasteiger partial charge is 0.244 e. The van der Waals surface area contributed by atoms with Gasteiger partial charge in [0.2, 0.25) is 21.8 Å². The van der Waals surface area contributed by atoms with Gasteiger partial charge in [-0.1, -0.05) is 96.2 Å². The first-order valence-electron chi connectivity index (χ1n) is 13.3. The maximum atomic E-state index is 14.2. The Hall–Kier alpha value is -2.78. The molecule has 3 aromatic carbocycles. The minimum absolute atomic E-state index is 0.00539. The van der Waals surface area contributed by atoms with Gasteiger partial charge < -0.3 is 10.2 Å². The van der Waals surface area contributed by atoms with Crippen LogP contribution in [0.4, 0.5) is 5.69 Å². The Morgan fingerprint density at radius 2 is 1.54 bits per heavy atom. The van der Waals surface area contributed by atoms with Crippen molar-refractivity contribution in [3.05, 3.63) is 99.0 Å². The van der Waals surface area contributed by atoms with Crippen LogP contribution < -0.4 is 9.62 Å². The lowest BCUT2D eigenvalue weighted by Crippen LogP contribution is -2.54. The first-order valence-corrected chi connectivity index (χ1v) is 16.3. The van der Waals surface area contributed by atoms with E-state index in [2.05, 4.69) is 5.32 Å². The van der Waals surface area contributed by atoms with Crippen LogP contribution in [0.25, 0.3) is 0 Å². The molecule has 1 saturated carbocycles. The van der Waals surface area contributed by atoms with Gasteiger partial charge in [-0.25, -0.2) is 8.42 Å². The highest BCUT2D eigenvalue weighted by atomic mass is 35.5. The van der Waals surface area contributed by atoms with Crippen molar-refractivity contribution in [3.63, 3.8) is 0 Å². The Morgan fingerprint density at radius 1 is 0.878 bits per heavy atom. The van der Waals surface area contributed by atoms with E-state index in [1.54, 1.807) is 36.4 Å². The molecule has 218 valence electrons. The molecule has 11 heteroatoms. The molecule has 0 radical (unpaired) electrons. The summed E-state index contributed by atoms with van der Waals surface area (Å²) in [6.45, 7) is -0.544. The van der Waals surface area contributed by atoms with Crippen LogP contribution in [0.2, 0.25) is 15.1 Å². The molecule has 0 unspecified atom stereocenters. The Morgan fingerprint density at radius 3 is 2.17 bits per heavy atom. The monoisotopic (exact) mass is 635 g/mol. The number of carbonyl (C=O) groups is 2. The summed E-state index contributed by atoms with van der Waals surface area (Å²) in [4.78, 5) is 29.4. The Kier molecular flexibility index (Phi) is 10.6. The minimum Gasteiger partial charge on any atom is -0.352 e. The van der Waals surface area contributed by atoms with E-state index >= 15 is 0 Å². The number of benzene rings is 3. The summed E-state index contributed by atoms with van der Waals surface area (Å²) in [6, 6.07) is 19.9. The van der Waals surface area contributed by atoms with Crippen molar-refractivity contribution in [2.45, 2.75) is 50.7 Å². The summed E-state index contributed by atoms with van der Waals surface area (Å²) >= 11 is 18.8. The van der Waals surface area contributed by atoms with E-state index in [0.29, 0.717) is 15.6 Å². The number of hydrogen-bond acceptors (Lipinski definition) is 4. The fraction of sp³-hybridized carbons (Fsp3) is 0.333. The lowest BCUT2D eigenvalue weighted by atomic mass is 10.0. The molecule has 7 nitrogen and oxygen atoms in total. The van der Waals surface area contributed by atoms with Crippen molar-refractivity contribution in [1.29, 1.82) is 0 Å². The zero-order chi connectivity index (χ0) is 29.6. The molecule has 41 heavy (non-hydrogen) atoms. The topological polar surface area (TPSA) is 86.8 Å². The van der Waals surface area contributed by atoms with Crippen molar-refractivity contribution < 1.29 is 18.0 Å². The van der Waals surface area contributed by atoms with Gasteiger partial charge in [0.05, 0.1) is 27.0 Å². The molecule has 0 aromatic heterocycles. The second-order valence-corrected chi connectivity index (χ2v) is 13.3. The van der Waals surface area contributed by atoms with Crippen LogP contribution in [-0.4, -0.2) is 50.0 Å². The SMILES string of the molecule is CS(=O)(=O)N(CC(=O)N(Cc1ccc(Cl)c(Cl)c1)[C@@H](Cc1ccccc1)C(=O)NC1CCCC1)c1ccccc1Cl. The average molecular weight is 637 g/mol. The zero-order valence-corrected chi connectivity index (χ0v) is 25.7. The predicted octanol–water partition coefficient (Wildman–Crippen LogP) is 6.11. The maximum Gasteiger partial charge on any atom is 0.244 e. The molecule has 0 bridgehead atoms. The lowest BCUT2D eigenvalue weighted by Gasteiger charge is -2.34. The normalized spacial score (nSPS) is 14.4. The third-order valence-electron chi connectivity index (χ3n) is 7.11. The van der Waals surface area contributed by atoms with Gasteiger partial charge in [-0.2, -0.15) is 0 Å². The molecular formula is C30H32Cl3N3O4S. The van der Waals surface area contributed by atoms with Crippen LogP contribution in [0.5, 0.6) is 0 Å². The average Bonchev–Trinajstić information content (AvgIpc) is 3.44. The second kappa shape index (κ2) is 13.9. The van der Waals surface area contributed by atoms with E-state index in [1.807, 2.05) is 30.3 Å². The van der Waals surface area contributed by atoms with Crippen molar-refractivity contribution in [3.8, 4) is 0 Å². The van der Waals surface area contributed by atoms with E-state index in [-0.39, 0.29) is 35.6 Å². The molecule has 1 fully saturated rings. The maximum absolute atomic E-state index is 14.2. The first kappa shape index (κ1) is 31.2. The zero-order valence-electron chi connectivity index (χ0n) is 22.6. The number of carbonyl (C=O) groups excluding carboxylic acids is 2.